The van der Waals surface area contributed by atoms with Gasteiger partial charge in [0.1, 0.15) is 11.6 Å². The zero-order valence-corrected chi connectivity index (χ0v) is 10.5. The van der Waals surface area contributed by atoms with Crippen molar-refractivity contribution in [1.82, 2.24) is 9.38 Å². The van der Waals surface area contributed by atoms with Crippen molar-refractivity contribution >= 4 is 34.3 Å². The van der Waals surface area contributed by atoms with E-state index in [1.165, 1.54) is 4.88 Å². The van der Waals surface area contributed by atoms with Crippen LogP contribution in [-0.2, 0) is 6.42 Å². The summed E-state index contributed by atoms with van der Waals surface area (Å²) in [6, 6.07) is 9.76. The van der Waals surface area contributed by atoms with Crippen molar-refractivity contribution in [1.29, 1.82) is 0 Å². The first kappa shape index (κ1) is 10.6. The maximum absolute atomic E-state index is 6.11. The van der Waals surface area contributed by atoms with Crippen LogP contribution >= 0.6 is 22.9 Å². The molecule has 0 aromatic carbocycles. The van der Waals surface area contributed by atoms with Crippen molar-refractivity contribution in [2.75, 3.05) is 5.73 Å². The van der Waals surface area contributed by atoms with Gasteiger partial charge >= 0.3 is 0 Å². The fourth-order valence-electron chi connectivity index (χ4n) is 1.88. The van der Waals surface area contributed by atoms with Gasteiger partial charge in [0.25, 0.3) is 0 Å². The molecule has 2 N–H and O–H groups in total. The maximum Gasteiger partial charge on any atom is 0.155 e. The van der Waals surface area contributed by atoms with Gasteiger partial charge in [0.15, 0.2) is 5.15 Å². The lowest BCUT2D eigenvalue weighted by atomic mass is 10.3. The van der Waals surface area contributed by atoms with E-state index in [1.807, 2.05) is 28.7 Å². The van der Waals surface area contributed by atoms with Crippen molar-refractivity contribution in [3.8, 4) is 0 Å². The van der Waals surface area contributed by atoms with Crippen molar-refractivity contribution in [2.45, 2.75) is 6.42 Å². The molecule has 17 heavy (non-hydrogen) atoms. The van der Waals surface area contributed by atoms with Gasteiger partial charge in [-0.25, -0.2) is 4.98 Å². The van der Waals surface area contributed by atoms with E-state index in [2.05, 4.69) is 16.4 Å². The molecule has 0 aliphatic carbocycles. The number of aromatic nitrogens is 2. The Hall–Kier alpha value is -1.52. The summed E-state index contributed by atoms with van der Waals surface area (Å²) >= 11 is 7.81. The van der Waals surface area contributed by atoms with Crippen LogP contribution in [0.2, 0.25) is 5.15 Å². The Labute approximate surface area is 107 Å². The van der Waals surface area contributed by atoms with Gasteiger partial charge in [-0.15, -0.1) is 11.3 Å². The Balaban J connectivity index is 2.16. The highest BCUT2D eigenvalue weighted by Crippen LogP contribution is 2.24. The van der Waals surface area contributed by atoms with Crippen LogP contribution in [0.25, 0.3) is 5.52 Å². The van der Waals surface area contributed by atoms with Gasteiger partial charge in [0.05, 0.1) is 5.52 Å². The summed E-state index contributed by atoms with van der Waals surface area (Å²) in [5.41, 5.74) is 6.83. The van der Waals surface area contributed by atoms with E-state index in [9.17, 15) is 0 Å². The predicted octanol–water partition coefficient (Wildman–Crippen LogP) is 3.22. The Bertz CT molecular complexity index is 658. The third kappa shape index (κ3) is 1.79. The largest absolute Gasteiger partial charge is 0.385 e. The van der Waals surface area contributed by atoms with E-state index in [-0.39, 0.29) is 0 Å². The van der Waals surface area contributed by atoms with E-state index >= 15 is 0 Å². The number of thiophene rings is 1. The second-order valence-corrected chi connectivity index (χ2v) is 5.14. The summed E-state index contributed by atoms with van der Waals surface area (Å²) in [6.07, 6.45) is 0.750. The molecule has 5 heteroatoms. The van der Waals surface area contributed by atoms with Crippen molar-refractivity contribution in [2.24, 2.45) is 0 Å². The number of hydrogen-bond acceptors (Lipinski definition) is 3. The summed E-state index contributed by atoms with van der Waals surface area (Å²) < 4.78 is 1.90. The molecule has 0 unspecified atom stereocenters. The van der Waals surface area contributed by atoms with Crippen LogP contribution in [0.1, 0.15) is 10.7 Å². The average Bonchev–Trinajstić information content (AvgIpc) is 2.90. The van der Waals surface area contributed by atoms with Crippen LogP contribution in [0.4, 0.5) is 5.82 Å². The van der Waals surface area contributed by atoms with E-state index in [4.69, 9.17) is 17.3 Å². The summed E-state index contributed by atoms with van der Waals surface area (Å²) in [5, 5.41) is 2.56. The number of nitrogens with two attached hydrogens (primary N) is 1. The molecule has 3 aromatic heterocycles. The molecule has 0 atom stereocenters. The number of rotatable bonds is 2. The summed E-state index contributed by atoms with van der Waals surface area (Å²) in [5.74, 6) is 1.54. The van der Waals surface area contributed by atoms with Crippen LogP contribution in [0.3, 0.4) is 0 Å². The lowest BCUT2D eigenvalue weighted by Gasteiger charge is -2.03. The molecular formula is C12H10ClN3S. The van der Waals surface area contributed by atoms with E-state index in [0.717, 1.165) is 17.8 Å². The van der Waals surface area contributed by atoms with Crippen molar-refractivity contribution in [3.63, 3.8) is 0 Å². The summed E-state index contributed by atoms with van der Waals surface area (Å²) in [7, 11) is 0. The predicted molar refractivity (Wildman–Crippen MR) is 71.7 cm³/mol. The molecule has 0 saturated heterocycles. The van der Waals surface area contributed by atoms with Gasteiger partial charge in [-0.05, 0) is 23.6 Å². The maximum atomic E-state index is 6.11. The van der Waals surface area contributed by atoms with Gasteiger partial charge < -0.3 is 5.73 Å². The molecule has 0 fully saturated rings. The number of nitrogen functional groups attached to an aromatic ring is 1. The lowest BCUT2D eigenvalue weighted by Crippen LogP contribution is -2.01. The van der Waals surface area contributed by atoms with Crippen LogP contribution in [-0.4, -0.2) is 9.38 Å². The second-order valence-electron chi connectivity index (χ2n) is 3.75. The molecule has 0 aliphatic heterocycles. The zero-order chi connectivity index (χ0) is 11.8. The minimum Gasteiger partial charge on any atom is -0.385 e. The van der Waals surface area contributed by atoms with Crippen LogP contribution in [0, 0.1) is 0 Å². The van der Waals surface area contributed by atoms with E-state index in [1.54, 1.807) is 11.3 Å². The SMILES string of the molecule is Nc1cccc2c(Cl)nc(Cc3cccs3)n12. The van der Waals surface area contributed by atoms with Crippen LogP contribution < -0.4 is 5.73 Å². The smallest absolute Gasteiger partial charge is 0.155 e. The summed E-state index contributed by atoms with van der Waals surface area (Å²) in [6.45, 7) is 0. The highest BCUT2D eigenvalue weighted by Gasteiger charge is 2.11. The first-order chi connectivity index (χ1) is 8.25. The molecule has 0 bridgehead atoms. The van der Waals surface area contributed by atoms with E-state index in [0.29, 0.717) is 11.0 Å². The molecule has 3 aromatic rings. The average molecular weight is 264 g/mol. The number of imidazole rings is 1. The molecular weight excluding hydrogens is 254 g/mol. The summed E-state index contributed by atoms with van der Waals surface area (Å²) in [4.78, 5) is 5.63. The standard InChI is InChI=1S/C12H10ClN3S/c13-12-9-4-1-5-10(14)16(9)11(15-12)7-8-3-2-6-17-8/h1-6H,7,14H2. The molecule has 0 amide bonds. The zero-order valence-electron chi connectivity index (χ0n) is 8.93. The Morgan fingerprint density at radius 1 is 1.29 bits per heavy atom. The van der Waals surface area contributed by atoms with Gasteiger partial charge in [0.2, 0.25) is 0 Å². The topological polar surface area (TPSA) is 43.3 Å². The number of halogens is 1. The number of anilines is 1. The minimum absolute atomic E-state index is 0.504. The monoisotopic (exact) mass is 263 g/mol. The Morgan fingerprint density at radius 3 is 2.94 bits per heavy atom. The van der Waals surface area contributed by atoms with Gasteiger partial charge in [-0.3, -0.25) is 4.40 Å². The lowest BCUT2D eigenvalue weighted by molar-refractivity contribution is 0.981. The minimum atomic E-state index is 0.504. The highest BCUT2D eigenvalue weighted by molar-refractivity contribution is 7.09. The number of nitrogens with zero attached hydrogens (tertiary/aromatic N) is 2. The van der Waals surface area contributed by atoms with Crippen LogP contribution in [0.5, 0.6) is 0 Å². The molecule has 3 nitrogen and oxygen atoms in total. The van der Waals surface area contributed by atoms with Gasteiger partial charge in [0, 0.05) is 11.3 Å². The fourth-order valence-corrected chi connectivity index (χ4v) is 2.83. The molecule has 86 valence electrons. The quantitative estimate of drug-likeness (QED) is 0.771. The third-order valence-corrected chi connectivity index (χ3v) is 3.78. The molecule has 0 spiro atoms. The second kappa shape index (κ2) is 4.05. The fraction of sp³-hybridized carbons (Fsp3) is 0.0833. The molecule has 0 aliphatic rings. The molecule has 3 heterocycles. The van der Waals surface area contributed by atoms with Crippen molar-refractivity contribution < 1.29 is 0 Å². The number of pyridine rings is 1. The Kier molecular flexibility index (Phi) is 2.53. The third-order valence-electron chi connectivity index (χ3n) is 2.63. The first-order valence-electron chi connectivity index (χ1n) is 5.19. The van der Waals surface area contributed by atoms with Crippen LogP contribution in [0.15, 0.2) is 35.7 Å². The van der Waals surface area contributed by atoms with Gasteiger partial charge in [-0.1, -0.05) is 23.7 Å². The normalized spacial score (nSPS) is 11.1. The van der Waals surface area contributed by atoms with E-state index < -0.39 is 0 Å². The Morgan fingerprint density at radius 2 is 2.18 bits per heavy atom. The number of hydrogen-bond donors (Lipinski definition) is 1. The molecule has 0 radical (unpaired) electrons. The number of fused-ring (bicyclic) bond motifs is 1. The molecule has 0 saturated carbocycles. The first-order valence-corrected chi connectivity index (χ1v) is 6.45. The highest BCUT2D eigenvalue weighted by atomic mass is 35.5. The van der Waals surface area contributed by atoms with Gasteiger partial charge in [-0.2, -0.15) is 0 Å². The van der Waals surface area contributed by atoms with Crippen molar-refractivity contribution in [3.05, 3.63) is 51.6 Å². The molecule has 3 rings (SSSR count).